The highest BCUT2D eigenvalue weighted by Crippen LogP contribution is 2.47. The molecule has 0 radical (unpaired) electrons. The zero-order valence-corrected chi connectivity index (χ0v) is 20.9. The molecular weight excluding hydrogens is 515 g/mol. The molecular formula is C26H26F3N7O3. The number of benzene rings is 1. The van der Waals surface area contributed by atoms with Gasteiger partial charge in [-0.25, -0.2) is 4.98 Å². The molecule has 13 heteroatoms. The number of halogens is 3. The van der Waals surface area contributed by atoms with Crippen molar-refractivity contribution in [2.45, 2.75) is 24.2 Å². The highest BCUT2D eigenvalue weighted by molar-refractivity contribution is 5.95. The maximum absolute atomic E-state index is 13.3. The van der Waals surface area contributed by atoms with Gasteiger partial charge in [-0.15, -0.1) is 6.42 Å². The van der Waals surface area contributed by atoms with Gasteiger partial charge < -0.3 is 25.1 Å². The summed E-state index contributed by atoms with van der Waals surface area (Å²) in [7, 11) is 0. The number of carbonyl (C=O) groups excluding carboxylic acids is 2. The number of hydrogen-bond donors (Lipinski definition) is 2. The van der Waals surface area contributed by atoms with Crippen molar-refractivity contribution in [1.29, 1.82) is 0 Å². The van der Waals surface area contributed by atoms with E-state index >= 15 is 0 Å². The topological polar surface area (TPSA) is 114 Å². The van der Waals surface area contributed by atoms with Crippen LogP contribution in [0.2, 0.25) is 0 Å². The number of aliphatic hydroxyl groups is 1. The quantitative estimate of drug-likeness (QED) is 0.529. The predicted molar refractivity (Wildman–Crippen MR) is 137 cm³/mol. The molecule has 1 aromatic carbocycles. The van der Waals surface area contributed by atoms with Crippen molar-refractivity contribution in [3.05, 3.63) is 47.2 Å². The largest absolute Gasteiger partial charge is 0.422 e. The van der Waals surface area contributed by atoms with Crippen molar-refractivity contribution in [1.82, 2.24) is 20.2 Å². The zero-order valence-electron chi connectivity index (χ0n) is 20.9. The standard InChI is InChI=1S/C26H26F3N7O3/c1-2-8-30-22(38)20-14-21(36-9-7-19(37)15-36)33-24(32-20)35-12-10-34(11-13-35)23(39)17-3-5-18(6-4-17)25(16-31-25)26(27,28)29/h1,3-6,14,16,19,37H,7-13,15H2,(H,30,38)/t19-,25?/m0/s1. The number of nitrogens with one attached hydrogen (secondary N) is 1. The molecule has 0 aliphatic carbocycles. The smallest absolute Gasteiger partial charge is 0.391 e. The molecule has 5 rings (SSSR count). The second-order valence-corrected chi connectivity index (χ2v) is 9.57. The number of aliphatic imine (C=N–C) groups is 1. The molecule has 3 aliphatic heterocycles. The van der Waals surface area contributed by atoms with Crippen LogP contribution in [0.15, 0.2) is 35.3 Å². The molecule has 1 aromatic heterocycles. The van der Waals surface area contributed by atoms with Crippen LogP contribution in [0.3, 0.4) is 0 Å². The van der Waals surface area contributed by atoms with Crippen LogP contribution < -0.4 is 15.1 Å². The molecule has 2 atom stereocenters. The fourth-order valence-corrected chi connectivity index (χ4v) is 4.70. The van der Waals surface area contributed by atoms with Crippen LogP contribution in [0.25, 0.3) is 0 Å². The minimum Gasteiger partial charge on any atom is -0.391 e. The molecule has 2 amide bonds. The van der Waals surface area contributed by atoms with Gasteiger partial charge in [-0.3, -0.25) is 14.6 Å². The Morgan fingerprint density at radius 3 is 2.36 bits per heavy atom. The van der Waals surface area contributed by atoms with Crippen molar-refractivity contribution < 1.29 is 27.9 Å². The van der Waals surface area contributed by atoms with Gasteiger partial charge in [0.15, 0.2) is 0 Å². The highest BCUT2D eigenvalue weighted by atomic mass is 19.4. The first kappa shape index (κ1) is 26.4. The van der Waals surface area contributed by atoms with Crippen LogP contribution in [0.4, 0.5) is 24.9 Å². The number of aliphatic hydroxyl groups excluding tert-OH is 1. The summed E-state index contributed by atoms with van der Waals surface area (Å²) in [5.41, 5.74) is -1.88. The number of rotatable bonds is 6. The van der Waals surface area contributed by atoms with Crippen LogP contribution in [-0.4, -0.2) is 96.1 Å². The Bertz CT molecular complexity index is 1330. The lowest BCUT2D eigenvalue weighted by molar-refractivity contribution is -0.156. The molecule has 2 saturated heterocycles. The zero-order chi connectivity index (χ0) is 27.8. The number of terminal acetylenes is 1. The first-order valence-corrected chi connectivity index (χ1v) is 12.4. The van der Waals surface area contributed by atoms with E-state index in [1.807, 2.05) is 9.80 Å². The number of nitrogens with zero attached hydrogens (tertiary/aromatic N) is 6. The summed E-state index contributed by atoms with van der Waals surface area (Å²) < 4.78 is 39.9. The summed E-state index contributed by atoms with van der Waals surface area (Å²) in [6.07, 6.45) is 1.68. The Morgan fingerprint density at radius 2 is 1.79 bits per heavy atom. The van der Waals surface area contributed by atoms with Crippen LogP contribution in [0.1, 0.15) is 32.8 Å². The molecule has 10 nitrogen and oxygen atoms in total. The third kappa shape index (κ3) is 5.24. The lowest BCUT2D eigenvalue weighted by Crippen LogP contribution is -2.49. The Balaban J connectivity index is 1.27. The van der Waals surface area contributed by atoms with E-state index in [-0.39, 0.29) is 29.3 Å². The SMILES string of the molecule is C#CCNC(=O)c1cc(N2CC[C@H](O)C2)nc(N2CCN(C(=O)c3ccc(C4(C(F)(F)F)C=N4)cc3)CC2)n1. The first-order valence-electron chi connectivity index (χ1n) is 12.4. The van der Waals surface area contributed by atoms with Crippen LogP contribution in [0.5, 0.6) is 0 Å². The lowest BCUT2D eigenvalue weighted by atomic mass is 9.96. The van der Waals surface area contributed by atoms with E-state index < -0.39 is 23.7 Å². The number of carbonyl (C=O) groups is 2. The molecule has 1 unspecified atom stereocenters. The second kappa shape index (κ2) is 10.2. The Morgan fingerprint density at radius 1 is 1.10 bits per heavy atom. The van der Waals surface area contributed by atoms with Crippen molar-refractivity contribution in [2.75, 3.05) is 55.6 Å². The summed E-state index contributed by atoms with van der Waals surface area (Å²) in [5.74, 6) is 2.43. The third-order valence-corrected chi connectivity index (χ3v) is 7.01. The average molecular weight is 542 g/mol. The van der Waals surface area contributed by atoms with Gasteiger partial charge in [0.05, 0.1) is 12.6 Å². The van der Waals surface area contributed by atoms with Crippen molar-refractivity contribution in [3.63, 3.8) is 0 Å². The van der Waals surface area contributed by atoms with E-state index in [1.54, 1.807) is 11.0 Å². The molecule has 2 N–H and O–H groups in total. The molecule has 3 aliphatic rings. The van der Waals surface area contributed by atoms with E-state index in [0.29, 0.717) is 57.5 Å². The maximum Gasteiger partial charge on any atom is 0.422 e. The molecule has 2 aromatic rings. The normalized spacial score (nSPS) is 22.5. The van der Waals surface area contributed by atoms with E-state index in [4.69, 9.17) is 6.42 Å². The monoisotopic (exact) mass is 541 g/mol. The highest BCUT2D eigenvalue weighted by Gasteiger charge is 2.61. The maximum atomic E-state index is 13.3. The van der Waals surface area contributed by atoms with Gasteiger partial charge in [0.25, 0.3) is 11.8 Å². The fraction of sp³-hybridized carbons (Fsp3) is 0.423. The van der Waals surface area contributed by atoms with Gasteiger partial charge in [-0.1, -0.05) is 18.1 Å². The number of piperazine rings is 1. The molecule has 0 bridgehead atoms. The van der Waals surface area contributed by atoms with E-state index in [2.05, 4.69) is 26.2 Å². The van der Waals surface area contributed by atoms with Crippen molar-refractivity contribution in [2.24, 2.45) is 4.99 Å². The van der Waals surface area contributed by atoms with Crippen molar-refractivity contribution in [3.8, 4) is 12.3 Å². The van der Waals surface area contributed by atoms with Crippen LogP contribution in [0, 0.1) is 12.3 Å². The predicted octanol–water partition coefficient (Wildman–Crippen LogP) is 1.22. The summed E-state index contributed by atoms with van der Waals surface area (Å²) in [5, 5.41) is 12.5. The third-order valence-electron chi connectivity index (χ3n) is 7.01. The summed E-state index contributed by atoms with van der Waals surface area (Å²) in [6.45, 7) is 2.43. The van der Waals surface area contributed by atoms with E-state index in [9.17, 15) is 27.9 Å². The second-order valence-electron chi connectivity index (χ2n) is 9.57. The molecule has 39 heavy (non-hydrogen) atoms. The number of hydrogen-bond acceptors (Lipinski definition) is 8. The molecule has 4 heterocycles. The van der Waals surface area contributed by atoms with Gasteiger partial charge >= 0.3 is 6.18 Å². The minimum atomic E-state index is -4.52. The number of β-amino-alcohol motifs (C(OH)–C–C–N with tert-alkyl or cyclic N) is 1. The molecule has 204 valence electrons. The summed E-state index contributed by atoms with van der Waals surface area (Å²) in [4.78, 5) is 43.5. The van der Waals surface area contributed by atoms with Gasteiger partial charge in [0, 0.05) is 57.1 Å². The first-order chi connectivity index (χ1) is 18.6. The van der Waals surface area contributed by atoms with Gasteiger partial charge in [0.2, 0.25) is 11.5 Å². The van der Waals surface area contributed by atoms with E-state index in [1.165, 1.54) is 24.3 Å². The fourth-order valence-electron chi connectivity index (χ4n) is 4.70. The Hall–Kier alpha value is -4.18. The molecule has 2 fully saturated rings. The van der Waals surface area contributed by atoms with Gasteiger partial charge in [-0.2, -0.15) is 18.2 Å². The Labute approximate surface area is 222 Å². The van der Waals surface area contributed by atoms with Crippen LogP contribution in [-0.2, 0) is 5.54 Å². The summed E-state index contributed by atoms with van der Waals surface area (Å²) in [6, 6.07) is 6.90. The number of aromatic nitrogens is 2. The average Bonchev–Trinajstić information content (AvgIpc) is 3.66. The summed E-state index contributed by atoms with van der Waals surface area (Å²) >= 11 is 0. The van der Waals surface area contributed by atoms with E-state index in [0.717, 1.165) is 6.21 Å². The Kier molecular flexibility index (Phi) is 6.90. The number of amides is 2. The number of alkyl halides is 3. The lowest BCUT2D eigenvalue weighted by Gasteiger charge is -2.35. The molecule has 0 spiro atoms. The van der Waals surface area contributed by atoms with Gasteiger partial charge in [0.1, 0.15) is 11.5 Å². The van der Waals surface area contributed by atoms with Crippen molar-refractivity contribution >= 4 is 29.8 Å². The van der Waals surface area contributed by atoms with Crippen LogP contribution >= 0.6 is 0 Å². The molecule has 0 saturated carbocycles. The van der Waals surface area contributed by atoms with Gasteiger partial charge in [-0.05, 0) is 24.1 Å². The minimum absolute atomic E-state index is 0.0268. The number of anilines is 2.